The highest BCUT2D eigenvalue weighted by molar-refractivity contribution is 9.09. The maximum atomic E-state index is 12.6. The lowest BCUT2D eigenvalue weighted by atomic mass is 9.79. The van der Waals surface area contributed by atoms with E-state index in [2.05, 4.69) is 27.6 Å². The zero-order valence-corrected chi connectivity index (χ0v) is 15.6. The fourth-order valence-corrected chi connectivity index (χ4v) is 7.72. The van der Waals surface area contributed by atoms with Crippen molar-refractivity contribution in [2.45, 2.75) is 56.2 Å². The zero-order valence-electron chi connectivity index (χ0n) is 12.3. The van der Waals surface area contributed by atoms with Gasteiger partial charge in [-0.05, 0) is 44.4 Å². The molecule has 1 N–H and O–H groups in total. The second-order valence-electron chi connectivity index (χ2n) is 6.59. The van der Waals surface area contributed by atoms with Crippen LogP contribution in [-0.4, -0.2) is 44.5 Å². The topological polar surface area (TPSA) is 80.3 Å². The molecular formula is C13H24BrNO4S2. The van der Waals surface area contributed by atoms with Gasteiger partial charge in [0.2, 0.25) is 10.0 Å². The Kier molecular flexibility index (Phi) is 5.43. The Morgan fingerprint density at radius 2 is 1.67 bits per heavy atom. The van der Waals surface area contributed by atoms with Crippen LogP contribution in [-0.2, 0) is 19.9 Å². The predicted molar refractivity (Wildman–Crippen MR) is 87.9 cm³/mol. The van der Waals surface area contributed by atoms with Gasteiger partial charge in [-0.3, -0.25) is 0 Å². The molecule has 1 saturated heterocycles. The molecule has 1 saturated carbocycles. The summed E-state index contributed by atoms with van der Waals surface area (Å²) in [6, 6.07) is 0. The summed E-state index contributed by atoms with van der Waals surface area (Å²) in [5.41, 5.74) is -0.401. The molecule has 1 aliphatic carbocycles. The van der Waals surface area contributed by atoms with Crippen molar-refractivity contribution in [2.24, 2.45) is 5.92 Å². The lowest BCUT2D eigenvalue weighted by Crippen LogP contribution is -2.55. The fourth-order valence-electron chi connectivity index (χ4n) is 3.14. The van der Waals surface area contributed by atoms with Crippen LogP contribution in [0.4, 0.5) is 0 Å². The quantitative estimate of drug-likeness (QED) is 0.728. The van der Waals surface area contributed by atoms with E-state index in [4.69, 9.17) is 0 Å². The van der Waals surface area contributed by atoms with Crippen molar-refractivity contribution >= 4 is 35.8 Å². The van der Waals surface area contributed by atoms with E-state index in [1.54, 1.807) is 0 Å². The minimum absolute atomic E-state index is 0.0169. The molecule has 21 heavy (non-hydrogen) atoms. The number of alkyl halides is 1. The molecule has 0 spiro atoms. The minimum Gasteiger partial charge on any atom is -0.229 e. The SMILES string of the molecule is CC1CCC(CBr)(NS(=O)(=O)C2CCS(=O)(=O)CC2)CC1. The molecule has 0 aromatic carbocycles. The first-order chi connectivity index (χ1) is 9.68. The standard InChI is InChI=1S/C13H24BrNO4S2/c1-11-2-6-13(10-14,7-3-11)15-21(18,19)12-4-8-20(16,17)9-5-12/h11-12,15H,2-10H2,1H3. The maximum absolute atomic E-state index is 12.6. The summed E-state index contributed by atoms with van der Waals surface area (Å²) in [5.74, 6) is 0.606. The normalized spacial score (nSPS) is 34.7. The molecule has 0 aromatic heterocycles. The molecule has 8 heteroatoms. The van der Waals surface area contributed by atoms with E-state index in [1.165, 1.54) is 0 Å². The molecule has 1 aliphatic heterocycles. The molecule has 2 aliphatic rings. The van der Waals surface area contributed by atoms with Crippen LogP contribution in [0.25, 0.3) is 0 Å². The van der Waals surface area contributed by atoms with Crippen LogP contribution in [0.1, 0.15) is 45.4 Å². The Morgan fingerprint density at radius 3 is 2.14 bits per heavy atom. The summed E-state index contributed by atoms with van der Waals surface area (Å²) >= 11 is 3.46. The first-order valence-corrected chi connectivity index (χ1v) is 12.0. The Bertz CT molecular complexity index is 551. The number of rotatable bonds is 4. The second kappa shape index (κ2) is 6.45. The third-order valence-electron chi connectivity index (χ3n) is 4.79. The third kappa shape index (κ3) is 4.42. The summed E-state index contributed by atoms with van der Waals surface area (Å²) in [6.07, 6.45) is 4.15. The summed E-state index contributed by atoms with van der Waals surface area (Å²) < 4.78 is 51.0. The van der Waals surface area contributed by atoms with E-state index in [1.807, 2.05) is 0 Å². The summed E-state index contributed by atoms with van der Waals surface area (Å²) in [6.45, 7) is 2.19. The van der Waals surface area contributed by atoms with Crippen molar-refractivity contribution in [3.8, 4) is 0 Å². The van der Waals surface area contributed by atoms with Gasteiger partial charge in [0.15, 0.2) is 0 Å². The molecule has 0 radical (unpaired) electrons. The Morgan fingerprint density at radius 1 is 1.14 bits per heavy atom. The maximum Gasteiger partial charge on any atom is 0.215 e. The van der Waals surface area contributed by atoms with Gasteiger partial charge in [-0.2, -0.15) is 0 Å². The molecule has 0 unspecified atom stereocenters. The molecule has 2 fully saturated rings. The lowest BCUT2D eigenvalue weighted by molar-refractivity contribution is 0.249. The number of hydrogen-bond donors (Lipinski definition) is 1. The Balaban J connectivity index is 2.06. The Labute approximate surface area is 136 Å². The van der Waals surface area contributed by atoms with Crippen molar-refractivity contribution in [1.82, 2.24) is 4.72 Å². The second-order valence-corrected chi connectivity index (χ2v) is 11.4. The van der Waals surface area contributed by atoms with Crippen LogP contribution >= 0.6 is 15.9 Å². The molecule has 2 rings (SSSR count). The summed E-state index contributed by atoms with van der Waals surface area (Å²) in [4.78, 5) is 0. The van der Waals surface area contributed by atoms with Gasteiger partial charge in [0.05, 0.1) is 16.8 Å². The number of sulfonamides is 1. The van der Waals surface area contributed by atoms with E-state index >= 15 is 0 Å². The van der Waals surface area contributed by atoms with Gasteiger partial charge in [-0.15, -0.1) is 0 Å². The molecule has 0 aromatic rings. The van der Waals surface area contributed by atoms with Gasteiger partial charge in [0.25, 0.3) is 0 Å². The molecule has 1 heterocycles. The smallest absolute Gasteiger partial charge is 0.215 e. The highest BCUT2D eigenvalue weighted by Crippen LogP contribution is 2.34. The minimum atomic E-state index is -3.47. The zero-order chi connectivity index (χ0) is 15.7. The molecule has 0 atom stereocenters. The van der Waals surface area contributed by atoms with Gasteiger partial charge in [0.1, 0.15) is 9.84 Å². The molecule has 124 valence electrons. The van der Waals surface area contributed by atoms with E-state index < -0.39 is 30.6 Å². The van der Waals surface area contributed by atoms with Crippen LogP contribution in [0.5, 0.6) is 0 Å². The van der Waals surface area contributed by atoms with Gasteiger partial charge < -0.3 is 0 Å². The van der Waals surface area contributed by atoms with Crippen LogP contribution < -0.4 is 4.72 Å². The van der Waals surface area contributed by atoms with Gasteiger partial charge in [-0.25, -0.2) is 21.6 Å². The van der Waals surface area contributed by atoms with E-state index in [0.717, 1.165) is 25.7 Å². The van der Waals surface area contributed by atoms with Crippen molar-refractivity contribution in [2.75, 3.05) is 16.8 Å². The first-order valence-electron chi connectivity index (χ1n) is 7.47. The third-order valence-corrected chi connectivity index (χ3v) is 9.64. The largest absolute Gasteiger partial charge is 0.229 e. The average molecular weight is 402 g/mol. The van der Waals surface area contributed by atoms with Crippen LogP contribution in [0.3, 0.4) is 0 Å². The van der Waals surface area contributed by atoms with E-state index in [-0.39, 0.29) is 24.3 Å². The number of nitrogens with one attached hydrogen (secondary N) is 1. The van der Waals surface area contributed by atoms with Crippen molar-refractivity contribution in [3.63, 3.8) is 0 Å². The fraction of sp³-hybridized carbons (Fsp3) is 1.00. The van der Waals surface area contributed by atoms with Crippen molar-refractivity contribution < 1.29 is 16.8 Å². The van der Waals surface area contributed by atoms with Gasteiger partial charge in [-0.1, -0.05) is 22.9 Å². The number of halogens is 1. The van der Waals surface area contributed by atoms with Crippen LogP contribution in [0, 0.1) is 5.92 Å². The van der Waals surface area contributed by atoms with E-state index in [0.29, 0.717) is 11.2 Å². The van der Waals surface area contributed by atoms with Crippen LogP contribution in [0.2, 0.25) is 0 Å². The lowest BCUT2D eigenvalue weighted by Gasteiger charge is -2.39. The molecule has 0 bridgehead atoms. The van der Waals surface area contributed by atoms with Crippen molar-refractivity contribution in [3.05, 3.63) is 0 Å². The summed E-state index contributed by atoms with van der Waals surface area (Å²) in [5, 5.41) is 0.0352. The molecule has 0 amide bonds. The van der Waals surface area contributed by atoms with E-state index in [9.17, 15) is 16.8 Å². The molecule has 5 nitrogen and oxygen atoms in total. The van der Waals surface area contributed by atoms with Gasteiger partial charge >= 0.3 is 0 Å². The average Bonchev–Trinajstić information content (AvgIpc) is 2.41. The summed E-state index contributed by atoms with van der Waals surface area (Å²) in [7, 11) is -6.50. The molecular weight excluding hydrogens is 378 g/mol. The van der Waals surface area contributed by atoms with Crippen molar-refractivity contribution in [1.29, 1.82) is 0 Å². The van der Waals surface area contributed by atoms with Crippen LogP contribution in [0.15, 0.2) is 0 Å². The number of sulfone groups is 1. The monoisotopic (exact) mass is 401 g/mol. The Hall–Kier alpha value is 0.340. The number of hydrogen-bond acceptors (Lipinski definition) is 4. The highest BCUT2D eigenvalue weighted by atomic mass is 79.9. The highest BCUT2D eigenvalue weighted by Gasteiger charge is 2.40. The predicted octanol–water partition coefficient (Wildman–Crippen LogP) is 1.83. The first kappa shape index (κ1) is 17.7. The van der Waals surface area contributed by atoms with Gasteiger partial charge in [0, 0.05) is 10.9 Å².